The predicted octanol–water partition coefficient (Wildman–Crippen LogP) is 4.30. The standard InChI is InChI=1S/C20H21ClN2O2S/c1-11-2-7-14-15(10-11)26-18(16(14)17(22)24)23-19(25)20(8-9-20)12-3-5-13(21)6-4-12/h3-6,11H,2,7-10H2,1H3,(H2,22,24)(H,23,25). The number of amides is 2. The number of anilines is 1. The summed E-state index contributed by atoms with van der Waals surface area (Å²) in [5, 5.41) is 4.29. The average Bonchev–Trinajstić information content (AvgIpc) is 3.32. The first-order valence-corrected chi connectivity index (χ1v) is 10.1. The zero-order valence-corrected chi connectivity index (χ0v) is 16.2. The SMILES string of the molecule is CC1CCc2c(sc(NC(=O)C3(c4ccc(Cl)cc4)CC3)c2C(N)=O)C1. The second-order valence-corrected chi connectivity index (χ2v) is 9.00. The fourth-order valence-electron chi connectivity index (χ4n) is 3.86. The summed E-state index contributed by atoms with van der Waals surface area (Å²) in [5.41, 5.74) is 7.64. The zero-order chi connectivity index (χ0) is 18.5. The highest BCUT2D eigenvalue weighted by atomic mass is 35.5. The van der Waals surface area contributed by atoms with E-state index in [9.17, 15) is 9.59 Å². The van der Waals surface area contributed by atoms with Crippen LogP contribution in [-0.2, 0) is 23.1 Å². The Hall–Kier alpha value is -1.85. The van der Waals surface area contributed by atoms with Crippen molar-refractivity contribution < 1.29 is 9.59 Å². The maximum absolute atomic E-state index is 13.0. The predicted molar refractivity (Wildman–Crippen MR) is 105 cm³/mol. The minimum Gasteiger partial charge on any atom is -0.365 e. The molecule has 1 saturated carbocycles. The Labute approximate surface area is 161 Å². The van der Waals surface area contributed by atoms with E-state index in [4.69, 9.17) is 17.3 Å². The zero-order valence-electron chi connectivity index (χ0n) is 14.6. The van der Waals surface area contributed by atoms with Gasteiger partial charge in [0.15, 0.2) is 0 Å². The van der Waals surface area contributed by atoms with E-state index in [1.54, 1.807) is 0 Å². The number of hydrogen-bond acceptors (Lipinski definition) is 3. The number of rotatable bonds is 4. The fraction of sp³-hybridized carbons (Fsp3) is 0.400. The summed E-state index contributed by atoms with van der Waals surface area (Å²) >= 11 is 7.48. The quantitative estimate of drug-likeness (QED) is 0.819. The van der Waals surface area contributed by atoms with Crippen molar-refractivity contribution in [2.45, 2.75) is 44.4 Å². The maximum atomic E-state index is 13.0. The van der Waals surface area contributed by atoms with E-state index in [1.807, 2.05) is 24.3 Å². The highest BCUT2D eigenvalue weighted by Gasteiger charge is 2.51. The van der Waals surface area contributed by atoms with E-state index < -0.39 is 11.3 Å². The number of benzene rings is 1. The number of primary amides is 1. The van der Waals surface area contributed by atoms with Gasteiger partial charge in [0.1, 0.15) is 5.00 Å². The van der Waals surface area contributed by atoms with Crippen LogP contribution in [0.2, 0.25) is 5.02 Å². The van der Waals surface area contributed by atoms with Crippen molar-refractivity contribution in [3.05, 3.63) is 50.9 Å². The maximum Gasteiger partial charge on any atom is 0.251 e. The molecule has 2 aromatic rings. The molecule has 1 unspecified atom stereocenters. The number of thiophene rings is 1. The van der Waals surface area contributed by atoms with Crippen molar-refractivity contribution in [3.8, 4) is 0 Å². The van der Waals surface area contributed by atoms with Crippen LogP contribution in [-0.4, -0.2) is 11.8 Å². The molecule has 1 aromatic heterocycles. The lowest BCUT2D eigenvalue weighted by atomic mass is 9.88. The van der Waals surface area contributed by atoms with Crippen LogP contribution in [0.25, 0.3) is 0 Å². The molecule has 26 heavy (non-hydrogen) atoms. The van der Waals surface area contributed by atoms with Gasteiger partial charge in [0, 0.05) is 9.90 Å². The van der Waals surface area contributed by atoms with Gasteiger partial charge in [-0.25, -0.2) is 0 Å². The third-order valence-electron chi connectivity index (χ3n) is 5.57. The van der Waals surface area contributed by atoms with Crippen LogP contribution in [0.4, 0.5) is 5.00 Å². The summed E-state index contributed by atoms with van der Waals surface area (Å²) in [6.07, 6.45) is 4.44. The molecule has 2 amide bonds. The molecular weight excluding hydrogens is 368 g/mol. The van der Waals surface area contributed by atoms with Gasteiger partial charge < -0.3 is 11.1 Å². The summed E-state index contributed by atoms with van der Waals surface area (Å²) in [5.74, 6) is 0.0759. The summed E-state index contributed by atoms with van der Waals surface area (Å²) in [7, 11) is 0. The Morgan fingerprint density at radius 3 is 2.58 bits per heavy atom. The van der Waals surface area contributed by atoms with Gasteiger partial charge in [0.2, 0.25) is 5.91 Å². The Morgan fingerprint density at radius 1 is 1.27 bits per heavy atom. The first kappa shape index (κ1) is 17.6. The van der Waals surface area contributed by atoms with Crippen LogP contribution in [0.5, 0.6) is 0 Å². The van der Waals surface area contributed by atoms with E-state index in [0.29, 0.717) is 21.5 Å². The molecule has 0 saturated heterocycles. The molecule has 1 aromatic carbocycles. The van der Waals surface area contributed by atoms with Gasteiger partial charge in [0.25, 0.3) is 5.91 Å². The van der Waals surface area contributed by atoms with Crippen LogP contribution in [0.15, 0.2) is 24.3 Å². The highest BCUT2D eigenvalue weighted by Crippen LogP contribution is 2.50. The molecular formula is C20H21ClN2O2S. The molecule has 1 fully saturated rings. The summed E-state index contributed by atoms with van der Waals surface area (Å²) in [6, 6.07) is 7.44. The smallest absolute Gasteiger partial charge is 0.251 e. The number of nitrogens with one attached hydrogen (secondary N) is 1. The van der Waals surface area contributed by atoms with Gasteiger partial charge >= 0.3 is 0 Å². The minimum absolute atomic E-state index is 0.0611. The van der Waals surface area contributed by atoms with Crippen LogP contribution < -0.4 is 11.1 Å². The number of carbonyl (C=O) groups excluding carboxylic acids is 2. The molecule has 0 spiro atoms. The van der Waals surface area contributed by atoms with E-state index in [1.165, 1.54) is 16.2 Å². The molecule has 2 aliphatic carbocycles. The molecule has 4 nitrogen and oxygen atoms in total. The Kier molecular flexibility index (Phi) is 4.32. The fourth-order valence-corrected chi connectivity index (χ4v) is 5.40. The number of halogens is 1. The molecule has 4 rings (SSSR count). The average molecular weight is 389 g/mol. The topological polar surface area (TPSA) is 72.2 Å². The van der Waals surface area contributed by atoms with E-state index in [0.717, 1.165) is 43.2 Å². The Balaban J connectivity index is 1.64. The molecule has 3 N–H and O–H groups in total. The van der Waals surface area contributed by atoms with Crippen LogP contribution in [0.1, 0.15) is 52.5 Å². The van der Waals surface area contributed by atoms with E-state index in [2.05, 4.69) is 12.2 Å². The number of fused-ring (bicyclic) bond motifs is 1. The number of nitrogens with two attached hydrogens (primary N) is 1. The van der Waals surface area contributed by atoms with Gasteiger partial charge in [-0.2, -0.15) is 0 Å². The first-order valence-electron chi connectivity index (χ1n) is 8.92. The molecule has 6 heteroatoms. The summed E-state index contributed by atoms with van der Waals surface area (Å²) in [4.78, 5) is 26.3. The van der Waals surface area contributed by atoms with E-state index in [-0.39, 0.29) is 5.91 Å². The van der Waals surface area contributed by atoms with E-state index >= 15 is 0 Å². The number of carbonyl (C=O) groups is 2. The monoisotopic (exact) mass is 388 g/mol. The van der Waals surface area contributed by atoms with Crippen molar-refractivity contribution in [1.29, 1.82) is 0 Å². The van der Waals surface area contributed by atoms with Crippen molar-refractivity contribution >= 4 is 39.8 Å². The van der Waals surface area contributed by atoms with Crippen LogP contribution in [0, 0.1) is 5.92 Å². The van der Waals surface area contributed by atoms with Gasteiger partial charge in [-0.3, -0.25) is 9.59 Å². The minimum atomic E-state index is -0.517. The summed E-state index contributed by atoms with van der Waals surface area (Å²) in [6.45, 7) is 2.21. The van der Waals surface area contributed by atoms with Gasteiger partial charge in [-0.05, 0) is 61.3 Å². The molecule has 0 radical (unpaired) electrons. The molecule has 1 heterocycles. The highest BCUT2D eigenvalue weighted by molar-refractivity contribution is 7.17. The third-order valence-corrected chi connectivity index (χ3v) is 6.99. The third kappa shape index (κ3) is 2.93. The van der Waals surface area contributed by atoms with Crippen molar-refractivity contribution in [2.75, 3.05) is 5.32 Å². The Morgan fingerprint density at radius 2 is 1.96 bits per heavy atom. The molecule has 136 valence electrons. The molecule has 0 aliphatic heterocycles. The van der Waals surface area contributed by atoms with Crippen LogP contribution >= 0.6 is 22.9 Å². The molecule has 2 aliphatic rings. The van der Waals surface area contributed by atoms with Crippen LogP contribution in [0.3, 0.4) is 0 Å². The second-order valence-electron chi connectivity index (χ2n) is 7.46. The number of hydrogen-bond donors (Lipinski definition) is 2. The van der Waals surface area contributed by atoms with Gasteiger partial charge in [-0.15, -0.1) is 11.3 Å². The first-order chi connectivity index (χ1) is 12.4. The normalized spacial score (nSPS) is 20.3. The molecule has 1 atom stereocenters. The van der Waals surface area contributed by atoms with Crippen molar-refractivity contribution in [2.24, 2.45) is 11.7 Å². The summed E-state index contributed by atoms with van der Waals surface area (Å²) < 4.78 is 0. The second kappa shape index (κ2) is 6.39. The molecule has 0 bridgehead atoms. The lowest BCUT2D eigenvalue weighted by Crippen LogP contribution is -2.28. The van der Waals surface area contributed by atoms with Crippen molar-refractivity contribution in [1.82, 2.24) is 0 Å². The largest absolute Gasteiger partial charge is 0.365 e. The Bertz CT molecular complexity index is 884. The van der Waals surface area contributed by atoms with Gasteiger partial charge in [0.05, 0.1) is 11.0 Å². The lowest BCUT2D eigenvalue weighted by Gasteiger charge is -2.18. The lowest BCUT2D eigenvalue weighted by molar-refractivity contribution is -0.118. The van der Waals surface area contributed by atoms with Crippen molar-refractivity contribution in [3.63, 3.8) is 0 Å². The van der Waals surface area contributed by atoms with Gasteiger partial charge in [-0.1, -0.05) is 30.7 Å².